The average molecular weight is 370 g/mol. The van der Waals surface area contributed by atoms with Crippen LogP contribution in [0.4, 0.5) is 10.1 Å². The van der Waals surface area contributed by atoms with Gasteiger partial charge in [0, 0.05) is 0 Å². The number of anilines is 1. The molecule has 0 aromatic heterocycles. The number of rotatable bonds is 3. The molecule has 1 heterocycles. The molecular formula is C15H14FNO2SSe. The van der Waals surface area contributed by atoms with Gasteiger partial charge in [-0.1, -0.05) is 0 Å². The molecule has 0 atom stereocenters. The van der Waals surface area contributed by atoms with E-state index in [1.807, 2.05) is 30.3 Å². The quantitative estimate of drug-likeness (QED) is 0.750. The fraction of sp³-hybridized carbons (Fsp3) is 0.200. The van der Waals surface area contributed by atoms with Gasteiger partial charge in [-0.05, 0) is 0 Å². The summed E-state index contributed by atoms with van der Waals surface area (Å²) in [4.78, 5) is 0. The van der Waals surface area contributed by atoms with E-state index in [9.17, 15) is 12.8 Å². The summed E-state index contributed by atoms with van der Waals surface area (Å²) in [5.41, 5.74) is 1.01. The molecule has 3 nitrogen and oxygen atoms in total. The number of halogens is 1. The number of benzene rings is 2. The SMILES string of the molecule is CS(=O)(=O)N1CCc2c1ccc([Se]c1ccccc1)c2F. The molecule has 0 spiro atoms. The maximum absolute atomic E-state index is 14.6. The molecule has 0 saturated heterocycles. The van der Waals surface area contributed by atoms with Crippen molar-refractivity contribution in [3.8, 4) is 0 Å². The van der Waals surface area contributed by atoms with Crippen molar-refractivity contribution in [2.24, 2.45) is 0 Å². The van der Waals surface area contributed by atoms with Crippen molar-refractivity contribution < 1.29 is 12.8 Å². The Balaban J connectivity index is 1.97. The topological polar surface area (TPSA) is 37.4 Å². The molecule has 0 fully saturated rings. The third-order valence-electron chi connectivity index (χ3n) is 3.39. The van der Waals surface area contributed by atoms with E-state index in [4.69, 9.17) is 0 Å². The maximum atomic E-state index is 14.6. The van der Waals surface area contributed by atoms with Gasteiger partial charge in [-0.25, -0.2) is 0 Å². The number of hydrogen-bond acceptors (Lipinski definition) is 2. The van der Waals surface area contributed by atoms with Crippen LogP contribution in [0.2, 0.25) is 0 Å². The Morgan fingerprint density at radius 3 is 2.52 bits per heavy atom. The molecule has 1 aliphatic rings. The Bertz CT molecular complexity index is 778. The van der Waals surface area contributed by atoms with Gasteiger partial charge in [-0.3, -0.25) is 0 Å². The van der Waals surface area contributed by atoms with Gasteiger partial charge in [-0.2, -0.15) is 0 Å². The standard InChI is InChI=1S/C15H14FNO2SSe/c1-20(18,19)17-10-9-12-13(17)7-8-14(15(12)16)21-11-5-3-2-4-6-11/h2-8H,9-10H2,1H3. The van der Waals surface area contributed by atoms with Crippen molar-refractivity contribution >= 4 is 39.6 Å². The summed E-state index contributed by atoms with van der Waals surface area (Å²) in [6.45, 7) is 0.326. The van der Waals surface area contributed by atoms with Gasteiger partial charge >= 0.3 is 130 Å². The van der Waals surface area contributed by atoms with E-state index in [1.54, 1.807) is 12.1 Å². The van der Waals surface area contributed by atoms with Crippen molar-refractivity contribution in [1.82, 2.24) is 0 Å². The van der Waals surface area contributed by atoms with Crippen molar-refractivity contribution in [3.05, 3.63) is 53.8 Å². The molecule has 0 saturated carbocycles. The monoisotopic (exact) mass is 371 g/mol. The molecule has 0 unspecified atom stereocenters. The molecule has 0 bridgehead atoms. The first-order valence-electron chi connectivity index (χ1n) is 6.49. The zero-order valence-corrected chi connectivity index (χ0v) is 13.9. The Morgan fingerprint density at radius 1 is 1.14 bits per heavy atom. The molecule has 3 rings (SSSR count). The van der Waals surface area contributed by atoms with Gasteiger partial charge in [0.15, 0.2) is 0 Å². The minimum atomic E-state index is -3.33. The van der Waals surface area contributed by atoms with Crippen LogP contribution >= 0.6 is 0 Å². The van der Waals surface area contributed by atoms with E-state index in [2.05, 4.69) is 0 Å². The molecule has 2 aromatic carbocycles. The predicted molar refractivity (Wildman–Crippen MR) is 83.8 cm³/mol. The predicted octanol–water partition coefficient (Wildman–Crippen LogP) is 0.803. The van der Waals surface area contributed by atoms with Crippen LogP contribution in [-0.4, -0.2) is 36.2 Å². The molecule has 6 heteroatoms. The first-order valence-corrected chi connectivity index (χ1v) is 10.0. The van der Waals surface area contributed by atoms with Gasteiger partial charge in [0.1, 0.15) is 0 Å². The molecule has 0 radical (unpaired) electrons. The molecule has 21 heavy (non-hydrogen) atoms. The first kappa shape index (κ1) is 14.6. The van der Waals surface area contributed by atoms with E-state index in [0.29, 0.717) is 28.7 Å². The van der Waals surface area contributed by atoms with Gasteiger partial charge in [0.25, 0.3) is 0 Å². The molecule has 1 aliphatic heterocycles. The molecule has 2 aromatic rings. The fourth-order valence-electron chi connectivity index (χ4n) is 2.43. The zero-order valence-electron chi connectivity index (χ0n) is 11.4. The van der Waals surface area contributed by atoms with Crippen molar-refractivity contribution in [2.45, 2.75) is 6.42 Å². The zero-order chi connectivity index (χ0) is 15.0. The van der Waals surface area contributed by atoms with Crippen LogP contribution in [0, 0.1) is 5.82 Å². The number of nitrogens with zero attached hydrogens (tertiary/aromatic N) is 1. The van der Waals surface area contributed by atoms with Crippen molar-refractivity contribution in [2.75, 3.05) is 17.1 Å². The average Bonchev–Trinajstić information content (AvgIpc) is 2.88. The number of fused-ring (bicyclic) bond motifs is 1. The molecule has 0 N–H and O–H groups in total. The van der Waals surface area contributed by atoms with Gasteiger partial charge in [0.2, 0.25) is 0 Å². The van der Waals surface area contributed by atoms with E-state index in [0.717, 1.165) is 10.7 Å². The van der Waals surface area contributed by atoms with E-state index in [1.165, 1.54) is 4.31 Å². The van der Waals surface area contributed by atoms with Gasteiger partial charge in [0.05, 0.1) is 0 Å². The first-order chi connectivity index (χ1) is 9.97. The summed E-state index contributed by atoms with van der Waals surface area (Å²) in [6.07, 6.45) is 1.59. The van der Waals surface area contributed by atoms with E-state index >= 15 is 0 Å². The van der Waals surface area contributed by atoms with E-state index in [-0.39, 0.29) is 20.8 Å². The second-order valence-corrected chi connectivity index (χ2v) is 9.12. The van der Waals surface area contributed by atoms with Crippen LogP contribution in [0.15, 0.2) is 42.5 Å². The normalized spacial score (nSPS) is 14.3. The van der Waals surface area contributed by atoms with Crippen LogP contribution in [0.1, 0.15) is 5.56 Å². The van der Waals surface area contributed by atoms with Crippen LogP contribution in [0.3, 0.4) is 0 Å². The second-order valence-electron chi connectivity index (χ2n) is 4.88. The summed E-state index contributed by atoms with van der Waals surface area (Å²) in [5, 5.41) is 0. The van der Waals surface area contributed by atoms with E-state index < -0.39 is 10.0 Å². The Hall–Kier alpha value is -1.36. The fourth-order valence-corrected chi connectivity index (χ4v) is 5.26. The second kappa shape index (κ2) is 5.44. The summed E-state index contributed by atoms with van der Waals surface area (Å²) >= 11 is -0.112. The van der Waals surface area contributed by atoms with Crippen LogP contribution < -0.4 is 13.2 Å². The van der Waals surface area contributed by atoms with Crippen molar-refractivity contribution in [3.63, 3.8) is 0 Å². The Kier molecular flexibility index (Phi) is 3.78. The molecule has 110 valence electrons. The summed E-state index contributed by atoms with van der Waals surface area (Å²) < 4.78 is 41.0. The Labute approximate surface area is 130 Å². The third kappa shape index (κ3) is 2.84. The van der Waals surface area contributed by atoms with Crippen LogP contribution in [0.5, 0.6) is 0 Å². The summed E-state index contributed by atoms with van der Waals surface area (Å²) in [6, 6.07) is 13.2. The van der Waals surface area contributed by atoms with Gasteiger partial charge < -0.3 is 0 Å². The minimum absolute atomic E-state index is 0.112. The molecular weight excluding hydrogens is 356 g/mol. The molecule has 0 aliphatic carbocycles. The van der Waals surface area contributed by atoms with Crippen molar-refractivity contribution in [1.29, 1.82) is 0 Å². The molecule has 0 amide bonds. The number of sulfonamides is 1. The van der Waals surface area contributed by atoms with Crippen LogP contribution in [0.25, 0.3) is 0 Å². The van der Waals surface area contributed by atoms with Crippen LogP contribution in [-0.2, 0) is 16.4 Å². The summed E-state index contributed by atoms with van der Waals surface area (Å²) in [5.74, 6) is -0.248. The number of hydrogen-bond donors (Lipinski definition) is 0. The van der Waals surface area contributed by atoms with Gasteiger partial charge in [-0.15, -0.1) is 0 Å². The summed E-state index contributed by atoms with van der Waals surface area (Å²) in [7, 11) is -3.33. The Morgan fingerprint density at radius 2 is 1.86 bits per heavy atom. The third-order valence-corrected chi connectivity index (χ3v) is 6.76.